The van der Waals surface area contributed by atoms with Crippen LogP contribution in [0.1, 0.15) is 65.2 Å². The van der Waals surface area contributed by atoms with Crippen molar-refractivity contribution in [3.8, 4) is 0 Å². The van der Waals surface area contributed by atoms with Gasteiger partial charge in [0, 0.05) is 12.1 Å². The van der Waals surface area contributed by atoms with Gasteiger partial charge in [-0.2, -0.15) is 0 Å². The first-order valence-electron chi connectivity index (χ1n) is 7.29. The molecular formula is C14H28N2O. The average molecular weight is 240 g/mol. The molecule has 1 aliphatic carbocycles. The van der Waals surface area contributed by atoms with Gasteiger partial charge in [0.25, 0.3) is 0 Å². The van der Waals surface area contributed by atoms with E-state index in [2.05, 4.69) is 24.5 Å². The fourth-order valence-electron chi connectivity index (χ4n) is 2.49. The Morgan fingerprint density at radius 2 is 1.71 bits per heavy atom. The zero-order chi connectivity index (χ0) is 12.5. The summed E-state index contributed by atoms with van der Waals surface area (Å²) in [6, 6.07) is 0.906. The van der Waals surface area contributed by atoms with Crippen molar-refractivity contribution in [3.63, 3.8) is 0 Å². The van der Waals surface area contributed by atoms with E-state index in [4.69, 9.17) is 0 Å². The Kier molecular flexibility index (Phi) is 7.25. The maximum Gasteiger partial charge on any atom is 0.234 e. The molecule has 0 aliphatic heterocycles. The van der Waals surface area contributed by atoms with Gasteiger partial charge in [0.05, 0.1) is 6.54 Å². The minimum Gasteiger partial charge on any atom is -0.352 e. The van der Waals surface area contributed by atoms with Crippen molar-refractivity contribution in [2.45, 2.75) is 77.3 Å². The van der Waals surface area contributed by atoms with Crippen molar-refractivity contribution < 1.29 is 4.79 Å². The van der Waals surface area contributed by atoms with Gasteiger partial charge in [-0.25, -0.2) is 0 Å². The Morgan fingerprint density at radius 3 is 2.24 bits per heavy atom. The molecule has 0 spiro atoms. The number of carbonyl (C=O) groups is 1. The molecule has 1 rings (SSSR count). The van der Waals surface area contributed by atoms with E-state index in [1.165, 1.54) is 38.5 Å². The number of amides is 1. The number of hydrogen-bond donors (Lipinski definition) is 2. The summed E-state index contributed by atoms with van der Waals surface area (Å²) >= 11 is 0. The molecule has 1 amide bonds. The van der Waals surface area contributed by atoms with Crippen LogP contribution in [0.2, 0.25) is 0 Å². The van der Waals surface area contributed by atoms with Crippen LogP contribution in [0.5, 0.6) is 0 Å². The van der Waals surface area contributed by atoms with E-state index in [-0.39, 0.29) is 5.91 Å². The predicted molar refractivity (Wildman–Crippen MR) is 72.0 cm³/mol. The van der Waals surface area contributed by atoms with E-state index in [1.54, 1.807) is 0 Å². The molecule has 0 atom stereocenters. The smallest absolute Gasteiger partial charge is 0.234 e. The van der Waals surface area contributed by atoms with Crippen molar-refractivity contribution in [1.82, 2.24) is 10.6 Å². The monoisotopic (exact) mass is 240 g/mol. The van der Waals surface area contributed by atoms with Gasteiger partial charge in [-0.1, -0.05) is 39.5 Å². The van der Waals surface area contributed by atoms with E-state index in [0.29, 0.717) is 18.6 Å². The molecule has 1 saturated carbocycles. The molecule has 17 heavy (non-hydrogen) atoms. The Hall–Kier alpha value is -0.570. The van der Waals surface area contributed by atoms with Gasteiger partial charge < -0.3 is 10.6 Å². The van der Waals surface area contributed by atoms with Gasteiger partial charge in [0.1, 0.15) is 0 Å². The average Bonchev–Trinajstić information content (AvgIpc) is 2.62. The number of nitrogens with one attached hydrogen (secondary N) is 2. The third-order valence-corrected chi connectivity index (χ3v) is 3.76. The molecular weight excluding hydrogens is 212 g/mol. The zero-order valence-electron chi connectivity index (χ0n) is 11.4. The minimum atomic E-state index is 0.156. The molecule has 1 fully saturated rings. The van der Waals surface area contributed by atoms with Crippen LogP contribution in [0.15, 0.2) is 0 Å². The molecule has 3 heteroatoms. The number of carbonyl (C=O) groups excluding carboxylic acids is 1. The largest absolute Gasteiger partial charge is 0.352 e. The lowest BCUT2D eigenvalue weighted by Crippen LogP contribution is -2.42. The Bertz CT molecular complexity index is 206. The summed E-state index contributed by atoms with van der Waals surface area (Å²) in [6.07, 6.45) is 9.85. The predicted octanol–water partition coefficient (Wildman–Crippen LogP) is 2.60. The maximum absolute atomic E-state index is 11.7. The fourth-order valence-corrected chi connectivity index (χ4v) is 2.49. The molecule has 0 aromatic rings. The van der Waals surface area contributed by atoms with Crippen LogP contribution < -0.4 is 10.6 Å². The van der Waals surface area contributed by atoms with Crippen LogP contribution in [0.3, 0.4) is 0 Å². The van der Waals surface area contributed by atoms with Gasteiger partial charge in [-0.15, -0.1) is 0 Å². The third-order valence-electron chi connectivity index (χ3n) is 3.76. The van der Waals surface area contributed by atoms with Gasteiger partial charge in [-0.05, 0) is 25.7 Å². The summed E-state index contributed by atoms with van der Waals surface area (Å²) in [5.41, 5.74) is 0. The van der Waals surface area contributed by atoms with Crippen LogP contribution >= 0.6 is 0 Å². The lowest BCUT2D eigenvalue weighted by atomic mass is 10.1. The van der Waals surface area contributed by atoms with Crippen LogP contribution in [-0.2, 0) is 4.79 Å². The minimum absolute atomic E-state index is 0.156. The molecule has 0 aromatic carbocycles. The van der Waals surface area contributed by atoms with E-state index in [1.807, 2.05) is 0 Å². The van der Waals surface area contributed by atoms with E-state index in [9.17, 15) is 4.79 Å². The Labute approximate surface area is 106 Å². The lowest BCUT2D eigenvalue weighted by Gasteiger charge is -2.18. The van der Waals surface area contributed by atoms with Crippen molar-refractivity contribution in [2.24, 2.45) is 0 Å². The molecule has 0 saturated heterocycles. The lowest BCUT2D eigenvalue weighted by molar-refractivity contribution is -0.121. The first-order chi connectivity index (χ1) is 8.26. The maximum atomic E-state index is 11.7. The summed E-state index contributed by atoms with van der Waals surface area (Å²) in [7, 11) is 0. The summed E-state index contributed by atoms with van der Waals surface area (Å²) < 4.78 is 0. The number of hydrogen-bond acceptors (Lipinski definition) is 2. The Morgan fingerprint density at radius 1 is 1.12 bits per heavy atom. The first-order valence-corrected chi connectivity index (χ1v) is 7.29. The van der Waals surface area contributed by atoms with Gasteiger partial charge in [-0.3, -0.25) is 4.79 Å². The van der Waals surface area contributed by atoms with Crippen LogP contribution in [0, 0.1) is 0 Å². The second-order valence-electron chi connectivity index (χ2n) is 5.15. The van der Waals surface area contributed by atoms with E-state index in [0.717, 1.165) is 12.8 Å². The molecule has 0 radical (unpaired) electrons. The van der Waals surface area contributed by atoms with Crippen LogP contribution in [0.25, 0.3) is 0 Å². The summed E-state index contributed by atoms with van der Waals surface area (Å²) in [5, 5.41) is 6.47. The Balaban J connectivity index is 2.17. The second-order valence-corrected chi connectivity index (χ2v) is 5.15. The molecule has 3 nitrogen and oxygen atoms in total. The molecule has 0 unspecified atom stereocenters. The van der Waals surface area contributed by atoms with Crippen molar-refractivity contribution in [3.05, 3.63) is 0 Å². The third kappa shape index (κ3) is 6.06. The quantitative estimate of drug-likeness (QED) is 0.701. The van der Waals surface area contributed by atoms with Crippen LogP contribution in [0.4, 0.5) is 0 Å². The van der Waals surface area contributed by atoms with Gasteiger partial charge >= 0.3 is 0 Å². The van der Waals surface area contributed by atoms with Crippen molar-refractivity contribution >= 4 is 5.91 Å². The highest BCUT2D eigenvalue weighted by atomic mass is 16.1. The fraction of sp³-hybridized carbons (Fsp3) is 0.929. The summed E-state index contributed by atoms with van der Waals surface area (Å²) in [6.45, 7) is 4.72. The normalized spacial score (nSPS) is 18.1. The number of rotatable bonds is 6. The highest BCUT2D eigenvalue weighted by Gasteiger charge is 2.13. The molecule has 1 aliphatic rings. The molecule has 2 N–H and O–H groups in total. The zero-order valence-corrected chi connectivity index (χ0v) is 11.4. The first kappa shape index (κ1) is 14.5. The molecule has 100 valence electrons. The SMILES string of the molecule is CCC(CC)NC(=O)CNC1CCCCCC1. The topological polar surface area (TPSA) is 41.1 Å². The van der Waals surface area contributed by atoms with Crippen molar-refractivity contribution in [1.29, 1.82) is 0 Å². The van der Waals surface area contributed by atoms with Crippen LogP contribution in [-0.4, -0.2) is 24.5 Å². The summed E-state index contributed by atoms with van der Waals surface area (Å²) in [4.78, 5) is 11.7. The highest BCUT2D eigenvalue weighted by molar-refractivity contribution is 5.78. The van der Waals surface area contributed by atoms with Crippen molar-refractivity contribution in [2.75, 3.05) is 6.54 Å². The van der Waals surface area contributed by atoms with E-state index >= 15 is 0 Å². The standard InChI is InChI=1S/C14H28N2O/c1-3-12(4-2)16-14(17)11-15-13-9-7-5-6-8-10-13/h12-13,15H,3-11H2,1-2H3,(H,16,17). The van der Waals surface area contributed by atoms with E-state index < -0.39 is 0 Å². The highest BCUT2D eigenvalue weighted by Crippen LogP contribution is 2.16. The van der Waals surface area contributed by atoms with Gasteiger partial charge in [0.15, 0.2) is 0 Å². The molecule has 0 heterocycles. The second kappa shape index (κ2) is 8.51. The summed E-state index contributed by atoms with van der Waals surface area (Å²) in [5.74, 6) is 0.156. The van der Waals surface area contributed by atoms with Gasteiger partial charge in [0.2, 0.25) is 5.91 Å². The molecule has 0 aromatic heterocycles. The molecule has 0 bridgehead atoms.